The van der Waals surface area contributed by atoms with Crippen molar-refractivity contribution in [3.63, 3.8) is 0 Å². The molecule has 0 radical (unpaired) electrons. The molecule has 0 bridgehead atoms. The summed E-state index contributed by atoms with van der Waals surface area (Å²) in [6.07, 6.45) is 6.05. The first-order valence-electron chi connectivity index (χ1n) is 10.1. The quantitative estimate of drug-likeness (QED) is 0.335. The molecule has 0 N–H and O–H groups in total. The molecule has 0 spiro atoms. The number of hydrogen-bond donors (Lipinski definition) is 0. The van der Waals surface area contributed by atoms with Crippen molar-refractivity contribution in [3.8, 4) is 11.1 Å². The lowest BCUT2D eigenvalue weighted by molar-refractivity contribution is 0.0971. The van der Waals surface area contributed by atoms with Gasteiger partial charge in [0.15, 0.2) is 5.78 Å². The van der Waals surface area contributed by atoms with Crippen molar-refractivity contribution in [2.45, 2.75) is 32.2 Å². The number of fused-ring (bicyclic) bond motifs is 2. The van der Waals surface area contributed by atoms with Crippen LogP contribution in [0.15, 0.2) is 52.9 Å². The molecule has 4 aromatic rings. The van der Waals surface area contributed by atoms with Gasteiger partial charge in [0.05, 0.1) is 23.3 Å². The van der Waals surface area contributed by atoms with E-state index in [9.17, 15) is 9.59 Å². The van der Waals surface area contributed by atoms with Crippen molar-refractivity contribution in [1.82, 2.24) is 9.55 Å². The number of carbonyl (C=O) groups excluding carboxylic acids is 1. The molecule has 0 amide bonds. The van der Waals surface area contributed by atoms with E-state index in [-0.39, 0.29) is 22.9 Å². The highest BCUT2D eigenvalue weighted by molar-refractivity contribution is 7.17. The van der Waals surface area contributed by atoms with Crippen LogP contribution >= 0.6 is 34.5 Å². The first-order valence-corrected chi connectivity index (χ1v) is 11.7. The Morgan fingerprint density at radius 1 is 1.06 bits per heavy atom. The molecule has 31 heavy (non-hydrogen) atoms. The second kappa shape index (κ2) is 8.23. The van der Waals surface area contributed by atoms with Gasteiger partial charge in [0.25, 0.3) is 5.56 Å². The Hall–Kier alpha value is -2.47. The molecule has 2 heterocycles. The van der Waals surface area contributed by atoms with Crippen molar-refractivity contribution in [3.05, 3.63) is 85.2 Å². The van der Waals surface area contributed by atoms with Crippen molar-refractivity contribution in [1.29, 1.82) is 0 Å². The van der Waals surface area contributed by atoms with Gasteiger partial charge in [-0.3, -0.25) is 14.2 Å². The minimum Gasteiger partial charge on any atom is -0.292 e. The maximum atomic E-state index is 13.3. The first-order chi connectivity index (χ1) is 15.0. The zero-order valence-corrected chi connectivity index (χ0v) is 18.9. The van der Waals surface area contributed by atoms with Crippen LogP contribution in [-0.2, 0) is 19.4 Å². The summed E-state index contributed by atoms with van der Waals surface area (Å²) in [7, 11) is 0. The predicted octanol–water partition coefficient (Wildman–Crippen LogP) is 6.19. The highest BCUT2D eigenvalue weighted by Crippen LogP contribution is 2.33. The van der Waals surface area contributed by atoms with Crippen LogP contribution in [0.3, 0.4) is 0 Å². The van der Waals surface area contributed by atoms with E-state index in [2.05, 4.69) is 23.2 Å². The number of thiophene rings is 1. The Morgan fingerprint density at radius 2 is 1.87 bits per heavy atom. The molecule has 1 aliphatic carbocycles. The Bertz CT molecular complexity index is 1390. The fourth-order valence-electron chi connectivity index (χ4n) is 4.15. The lowest BCUT2D eigenvalue weighted by Crippen LogP contribution is -2.24. The van der Waals surface area contributed by atoms with Crippen molar-refractivity contribution in [2.75, 3.05) is 0 Å². The average molecular weight is 469 g/mol. The monoisotopic (exact) mass is 468 g/mol. The normalized spacial score (nSPS) is 13.4. The van der Waals surface area contributed by atoms with Gasteiger partial charge in [-0.2, -0.15) is 0 Å². The SMILES string of the molecule is O=C(Cn1cnc2scc(-c3ccc4c(c3)CCCC4)c2c1=O)c1ccc(Cl)cc1Cl. The minimum atomic E-state index is -0.268. The average Bonchev–Trinajstić information content (AvgIpc) is 3.20. The van der Waals surface area contributed by atoms with Gasteiger partial charge in [0.2, 0.25) is 0 Å². The van der Waals surface area contributed by atoms with Crippen molar-refractivity contribution >= 4 is 50.5 Å². The van der Waals surface area contributed by atoms with Gasteiger partial charge in [0, 0.05) is 21.5 Å². The molecule has 0 atom stereocenters. The third kappa shape index (κ3) is 3.82. The van der Waals surface area contributed by atoms with E-state index in [4.69, 9.17) is 23.2 Å². The van der Waals surface area contributed by atoms with Crippen LogP contribution in [0.2, 0.25) is 10.0 Å². The minimum absolute atomic E-state index is 0.136. The molecule has 2 aromatic heterocycles. The van der Waals surface area contributed by atoms with Crippen LogP contribution in [0.5, 0.6) is 0 Å². The maximum absolute atomic E-state index is 13.3. The van der Waals surface area contributed by atoms with E-state index in [0.717, 1.165) is 24.0 Å². The van der Waals surface area contributed by atoms with Crippen LogP contribution in [0.1, 0.15) is 34.3 Å². The van der Waals surface area contributed by atoms with E-state index < -0.39 is 0 Å². The van der Waals surface area contributed by atoms with Gasteiger partial charge in [-0.1, -0.05) is 41.4 Å². The van der Waals surface area contributed by atoms with Crippen LogP contribution in [0.4, 0.5) is 0 Å². The molecule has 5 rings (SSSR count). The topological polar surface area (TPSA) is 52.0 Å². The molecule has 7 heteroatoms. The fourth-order valence-corrected chi connectivity index (χ4v) is 5.57. The molecule has 4 nitrogen and oxygen atoms in total. The van der Waals surface area contributed by atoms with Gasteiger partial charge in [0.1, 0.15) is 4.83 Å². The number of carbonyl (C=O) groups is 1. The number of nitrogens with zero attached hydrogens (tertiary/aromatic N) is 2. The van der Waals surface area contributed by atoms with Crippen LogP contribution in [0, 0.1) is 0 Å². The highest BCUT2D eigenvalue weighted by atomic mass is 35.5. The number of halogens is 2. The number of aromatic nitrogens is 2. The smallest absolute Gasteiger partial charge is 0.263 e. The number of rotatable bonds is 4. The van der Waals surface area contributed by atoms with Gasteiger partial charge < -0.3 is 0 Å². The molecule has 0 fully saturated rings. The number of hydrogen-bond acceptors (Lipinski definition) is 4. The zero-order chi connectivity index (χ0) is 21.5. The molecular formula is C24H18Cl2N2O2S. The molecule has 0 aliphatic heterocycles. The van der Waals surface area contributed by atoms with Gasteiger partial charge >= 0.3 is 0 Å². The summed E-state index contributed by atoms with van der Waals surface area (Å²) in [5.41, 5.74) is 4.76. The lowest BCUT2D eigenvalue weighted by Gasteiger charge is -2.16. The molecule has 0 unspecified atom stereocenters. The summed E-state index contributed by atoms with van der Waals surface area (Å²) in [5.74, 6) is -0.268. The van der Waals surface area contributed by atoms with Gasteiger partial charge in [-0.25, -0.2) is 4.98 Å². The Morgan fingerprint density at radius 3 is 2.68 bits per heavy atom. The molecular weight excluding hydrogens is 451 g/mol. The van der Waals surface area contributed by atoms with E-state index in [1.165, 1.54) is 52.3 Å². The third-order valence-corrected chi connectivity index (χ3v) is 7.20. The summed E-state index contributed by atoms with van der Waals surface area (Å²) in [5, 5.41) is 3.25. The number of Topliss-reactive ketones (excluding diaryl/α,β-unsaturated/α-hetero) is 1. The van der Waals surface area contributed by atoms with Crippen molar-refractivity contribution in [2.24, 2.45) is 0 Å². The highest BCUT2D eigenvalue weighted by Gasteiger charge is 2.18. The second-order valence-corrected chi connectivity index (χ2v) is 9.45. The van der Waals surface area contributed by atoms with Crippen LogP contribution in [0.25, 0.3) is 21.3 Å². The van der Waals surface area contributed by atoms with Gasteiger partial charge in [-0.05, 0) is 60.6 Å². The standard InChI is InChI=1S/C24H18Cl2N2O2S/c25-17-7-8-18(20(26)10-17)21(29)11-28-13-27-23-22(24(28)30)19(12-31-23)16-6-5-14-3-1-2-4-15(14)9-16/h5-10,12-13H,1-4,11H2. The largest absolute Gasteiger partial charge is 0.292 e. The molecule has 2 aromatic carbocycles. The zero-order valence-electron chi connectivity index (χ0n) is 16.5. The van der Waals surface area contributed by atoms with Crippen LogP contribution < -0.4 is 5.56 Å². The Kier molecular flexibility index (Phi) is 5.42. The predicted molar refractivity (Wildman–Crippen MR) is 127 cm³/mol. The van der Waals surface area contributed by atoms with Gasteiger partial charge in [-0.15, -0.1) is 11.3 Å². The summed E-state index contributed by atoms with van der Waals surface area (Å²) in [6, 6.07) is 11.2. The number of ketones is 1. The summed E-state index contributed by atoms with van der Waals surface area (Å²) >= 11 is 13.5. The first kappa shape index (κ1) is 20.4. The number of aryl methyl sites for hydroxylation is 2. The van der Waals surface area contributed by atoms with E-state index in [1.54, 1.807) is 12.1 Å². The number of benzene rings is 2. The maximum Gasteiger partial charge on any atom is 0.263 e. The summed E-state index contributed by atoms with van der Waals surface area (Å²) in [6.45, 7) is -0.136. The Balaban J connectivity index is 1.54. The van der Waals surface area contributed by atoms with Crippen LogP contribution in [-0.4, -0.2) is 15.3 Å². The fraction of sp³-hybridized carbons (Fsp3) is 0.208. The van der Waals surface area contributed by atoms with E-state index in [1.807, 2.05) is 5.38 Å². The van der Waals surface area contributed by atoms with Crippen molar-refractivity contribution < 1.29 is 4.79 Å². The Labute approximate surface area is 193 Å². The second-order valence-electron chi connectivity index (χ2n) is 7.75. The molecule has 1 aliphatic rings. The third-order valence-electron chi connectivity index (χ3n) is 5.77. The molecule has 0 saturated heterocycles. The van der Waals surface area contributed by atoms with E-state index in [0.29, 0.717) is 20.8 Å². The summed E-state index contributed by atoms with van der Waals surface area (Å²) < 4.78 is 1.35. The molecule has 0 saturated carbocycles. The summed E-state index contributed by atoms with van der Waals surface area (Å²) in [4.78, 5) is 31.2. The van der Waals surface area contributed by atoms with E-state index >= 15 is 0 Å². The lowest BCUT2D eigenvalue weighted by atomic mass is 9.89. The molecule has 156 valence electrons.